The quantitative estimate of drug-likeness (QED) is 0.463. The number of amides is 1. The van der Waals surface area contributed by atoms with Crippen LogP contribution in [-0.2, 0) is 11.2 Å². The van der Waals surface area contributed by atoms with E-state index in [0.717, 1.165) is 16.5 Å². The van der Waals surface area contributed by atoms with Gasteiger partial charge in [-0.25, -0.2) is 5.43 Å². The number of para-hydroxylation sites is 1. The number of hydrogen-bond acceptors (Lipinski definition) is 5. The molecule has 28 heavy (non-hydrogen) atoms. The summed E-state index contributed by atoms with van der Waals surface area (Å²) in [7, 11) is 4.64. The summed E-state index contributed by atoms with van der Waals surface area (Å²) >= 11 is 0. The molecule has 0 atom stereocenters. The standard InChI is InChI=1S/C21H23N3O4/c1-26-18-10-14(11-19(27-2)21(18)28-3)12-23-24-20(25)9-8-15-13-22-17-7-5-4-6-16(15)17/h4-7,10-13,22H,8-9H2,1-3H3,(H,24,25). The van der Waals surface area contributed by atoms with Crippen LogP contribution in [-0.4, -0.2) is 38.4 Å². The SMILES string of the molecule is COc1cc(C=NNC(=O)CCc2c[nH]c3ccccc23)cc(OC)c1OC. The molecular formula is C21H23N3O4. The minimum absolute atomic E-state index is 0.158. The smallest absolute Gasteiger partial charge is 0.240 e. The Bertz CT molecular complexity index is 969. The molecular weight excluding hydrogens is 358 g/mol. The first-order valence-corrected chi connectivity index (χ1v) is 8.83. The average molecular weight is 381 g/mol. The zero-order valence-electron chi connectivity index (χ0n) is 16.1. The van der Waals surface area contributed by atoms with Crippen LogP contribution in [0.5, 0.6) is 17.2 Å². The van der Waals surface area contributed by atoms with Crippen molar-refractivity contribution in [1.29, 1.82) is 0 Å². The lowest BCUT2D eigenvalue weighted by atomic mass is 10.1. The molecule has 0 aliphatic carbocycles. The molecule has 146 valence electrons. The lowest BCUT2D eigenvalue weighted by molar-refractivity contribution is -0.121. The van der Waals surface area contributed by atoms with E-state index < -0.39 is 0 Å². The van der Waals surface area contributed by atoms with Crippen LogP contribution in [0.25, 0.3) is 10.9 Å². The highest BCUT2D eigenvalue weighted by molar-refractivity contribution is 5.86. The highest BCUT2D eigenvalue weighted by atomic mass is 16.5. The molecule has 0 unspecified atom stereocenters. The second-order valence-electron chi connectivity index (χ2n) is 6.11. The lowest BCUT2D eigenvalue weighted by Gasteiger charge is -2.12. The number of nitrogens with one attached hydrogen (secondary N) is 2. The number of carbonyl (C=O) groups is 1. The van der Waals surface area contributed by atoms with Gasteiger partial charge in [-0.1, -0.05) is 18.2 Å². The summed E-state index contributed by atoms with van der Waals surface area (Å²) in [6.07, 6.45) is 4.45. The fraction of sp³-hybridized carbons (Fsp3) is 0.238. The predicted octanol–water partition coefficient (Wildman–Crippen LogP) is 3.28. The first kappa shape index (κ1) is 19.3. The number of hydrazone groups is 1. The number of fused-ring (bicyclic) bond motifs is 1. The predicted molar refractivity (Wildman–Crippen MR) is 108 cm³/mol. The van der Waals surface area contributed by atoms with Crippen LogP contribution in [0, 0.1) is 0 Å². The van der Waals surface area contributed by atoms with Crippen LogP contribution in [0.4, 0.5) is 0 Å². The number of aromatic amines is 1. The zero-order chi connectivity index (χ0) is 19.9. The summed E-state index contributed by atoms with van der Waals surface area (Å²) in [5.74, 6) is 1.39. The van der Waals surface area contributed by atoms with Crippen LogP contribution in [0.15, 0.2) is 47.7 Å². The molecule has 2 aromatic carbocycles. The van der Waals surface area contributed by atoms with Gasteiger partial charge >= 0.3 is 0 Å². The molecule has 7 heteroatoms. The molecule has 3 aromatic rings. The maximum atomic E-state index is 12.1. The second-order valence-corrected chi connectivity index (χ2v) is 6.11. The van der Waals surface area contributed by atoms with Gasteiger partial charge in [-0.05, 0) is 30.2 Å². The fourth-order valence-corrected chi connectivity index (χ4v) is 3.00. The molecule has 0 aliphatic heterocycles. The van der Waals surface area contributed by atoms with Gasteiger partial charge < -0.3 is 19.2 Å². The van der Waals surface area contributed by atoms with Gasteiger partial charge in [0, 0.05) is 29.1 Å². The van der Waals surface area contributed by atoms with Crippen molar-refractivity contribution in [2.45, 2.75) is 12.8 Å². The van der Waals surface area contributed by atoms with Crippen LogP contribution >= 0.6 is 0 Å². The molecule has 7 nitrogen and oxygen atoms in total. The number of benzene rings is 2. The molecule has 0 fully saturated rings. The molecule has 0 radical (unpaired) electrons. The number of H-pyrrole nitrogens is 1. The molecule has 0 saturated heterocycles. The monoisotopic (exact) mass is 381 g/mol. The Balaban J connectivity index is 1.60. The van der Waals surface area contributed by atoms with Gasteiger partial charge in [-0.2, -0.15) is 5.10 Å². The Hall–Kier alpha value is -3.48. The number of hydrogen-bond donors (Lipinski definition) is 2. The lowest BCUT2D eigenvalue weighted by Crippen LogP contribution is -2.17. The third kappa shape index (κ3) is 4.25. The maximum Gasteiger partial charge on any atom is 0.240 e. The van der Waals surface area contributed by atoms with E-state index in [0.29, 0.717) is 35.7 Å². The van der Waals surface area contributed by atoms with Gasteiger partial charge in [0.2, 0.25) is 11.7 Å². The van der Waals surface area contributed by atoms with Crippen molar-refractivity contribution >= 4 is 23.0 Å². The summed E-state index contributed by atoms with van der Waals surface area (Å²) in [5.41, 5.74) is 5.45. The molecule has 0 saturated carbocycles. The van der Waals surface area contributed by atoms with Crippen molar-refractivity contribution in [2.75, 3.05) is 21.3 Å². The maximum absolute atomic E-state index is 12.1. The summed E-state index contributed by atoms with van der Waals surface area (Å²) < 4.78 is 15.9. The van der Waals surface area contributed by atoms with Gasteiger partial charge in [0.15, 0.2) is 11.5 Å². The van der Waals surface area contributed by atoms with Crippen molar-refractivity contribution < 1.29 is 19.0 Å². The van der Waals surface area contributed by atoms with Crippen LogP contribution < -0.4 is 19.6 Å². The third-order valence-electron chi connectivity index (χ3n) is 4.39. The number of aryl methyl sites for hydroxylation is 1. The van der Waals surface area contributed by atoms with E-state index in [-0.39, 0.29) is 5.91 Å². The van der Waals surface area contributed by atoms with Crippen molar-refractivity contribution in [3.05, 3.63) is 53.7 Å². The Kier molecular flexibility index (Phi) is 6.16. The first-order chi connectivity index (χ1) is 13.7. The molecule has 0 spiro atoms. The minimum Gasteiger partial charge on any atom is -0.493 e. The highest BCUT2D eigenvalue weighted by Gasteiger charge is 2.12. The summed E-state index contributed by atoms with van der Waals surface area (Å²) in [6, 6.07) is 11.5. The Morgan fingerprint density at radius 3 is 2.50 bits per heavy atom. The Labute approximate surface area is 163 Å². The fourth-order valence-electron chi connectivity index (χ4n) is 3.00. The number of nitrogens with zero attached hydrogens (tertiary/aromatic N) is 1. The molecule has 0 bridgehead atoms. The number of carbonyl (C=O) groups excluding carboxylic acids is 1. The van der Waals surface area contributed by atoms with Crippen molar-refractivity contribution in [2.24, 2.45) is 5.10 Å². The van der Waals surface area contributed by atoms with Crippen molar-refractivity contribution in [3.63, 3.8) is 0 Å². The number of aromatic nitrogens is 1. The van der Waals surface area contributed by atoms with E-state index in [1.165, 1.54) is 6.21 Å². The molecule has 3 rings (SSSR count). The van der Waals surface area contributed by atoms with E-state index in [9.17, 15) is 4.79 Å². The van der Waals surface area contributed by atoms with Crippen LogP contribution in [0.1, 0.15) is 17.5 Å². The number of rotatable bonds is 8. The minimum atomic E-state index is -0.158. The molecule has 2 N–H and O–H groups in total. The van der Waals surface area contributed by atoms with Gasteiger partial charge in [0.25, 0.3) is 0 Å². The molecule has 1 heterocycles. The van der Waals surface area contributed by atoms with Gasteiger partial charge in [-0.3, -0.25) is 4.79 Å². The summed E-state index contributed by atoms with van der Waals surface area (Å²) in [5, 5.41) is 5.16. The largest absolute Gasteiger partial charge is 0.493 e. The Morgan fingerprint density at radius 2 is 1.82 bits per heavy atom. The summed E-state index contributed by atoms with van der Waals surface area (Å²) in [4.78, 5) is 15.3. The van der Waals surface area contributed by atoms with Crippen LogP contribution in [0.3, 0.4) is 0 Å². The van der Waals surface area contributed by atoms with Crippen LogP contribution in [0.2, 0.25) is 0 Å². The summed E-state index contributed by atoms with van der Waals surface area (Å²) in [6.45, 7) is 0. The normalized spacial score (nSPS) is 11.0. The molecule has 1 amide bonds. The van der Waals surface area contributed by atoms with Crippen molar-refractivity contribution in [1.82, 2.24) is 10.4 Å². The number of ether oxygens (including phenoxy) is 3. The van der Waals surface area contributed by atoms with E-state index in [2.05, 4.69) is 15.5 Å². The van der Waals surface area contributed by atoms with Crippen molar-refractivity contribution in [3.8, 4) is 17.2 Å². The first-order valence-electron chi connectivity index (χ1n) is 8.83. The Morgan fingerprint density at radius 1 is 1.11 bits per heavy atom. The van der Waals surface area contributed by atoms with E-state index in [4.69, 9.17) is 14.2 Å². The third-order valence-corrected chi connectivity index (χ3v) is 4.39. The van der Waals surface area contributed by atoms with Gasteiger partial charge in [-0.15, -0.1) is 0 Å². The number of methoxy groups -OCH3 is 3. The zero-order valence-corrected chi connectivity index (χ0v) is 16.1. The second kappa shape index (κ2) is 8.94. The van der Waals surface area contributed by atoms with Gasteiger partial charge in [0.1, 0.15) is 0 Å². The van der Waals surface area contributed by atoms with Gasteiger partial charge in [0.05, 0.1) is 27.5 Å². The van der Waals surface area contributed by atoms with E-state index in [1.54, 1.807) is 33.5 Å². The molecule has 0 aliphatic rings. The highest BCUT2D eigenvalue weighted by Crippen LogP contribution is 2.37. The topological polar surface area (TPSA) is 84.9 Å². The van der Waals surface area contributed by atoms with E-state index in [1.807, 2.05) is 30.5 Å². The molecule has 1 aromatic heterocycles. The van der Waals surface area contributed by atoms with E-state index >= 15 is 0 Å². The average Bonchev–Trinajstić information content (AvgIpc) is 3.14.